The summed E-state index contributed by atoms with van der Waals surface area (Å²) in [5.74, 6) is 0.0660. The van der Waals surface area contributed by atoms with E-state index in [9.17, 15) is 9.59 Å². The summed E-state index contributed by atoms with van der Waals surface area (Å²) in [6, 6.07) is 5.29. The van der Waals surface area contributed by atoms with Crippen LogP contribution < -0.4 is 5.32 Å². The first-order chi connectivity index (χ1) is 12.1. The second-order valence-corrected chi connectivity index (χ2v) is 5.86. The van der Waals surface area contributed by atoms with E-state index in [-0.39, 0.29) is 17.6 Å². The lowest BCUT2D eigenvalue weighted by molar-refractivity contribution is -0.114. The van der Waals surface area contributed by atoms with Crippen LogP contribution in [-0.2, 0) is 9.53 Å². The number of rotatable bonds is 6. The lowest BCUT2D eigenvalue weighted by atomic mass is 10.2. The summed E-state index contributed by atoms with van der Waals surface area (Å²) in [5, 5.41) is 2.54. The number of hydrogen-bond acceptors (Lipinski definition) is 6. The summed E-state index contributed by atoms with van der Waals surface area (Å²) >= 11 is 0. The van der Waals surface area contributed by atoms with E-state index in [0.717, 1.165) is 32.8 Å². The van der Waals surface area contributed by atoms with Gasteiger partial charge < -0.3 is 9.72 Å². The molecule has 8 heteroatoms. The lowest BCUT2D eigenvalue weighted by Crippen LogP contribution is -2.37. The van der Waals surface area contributed by atoms with Gasteiger partial charge in [0.25, 0.3) is 0 Å². The van der Waals surface area contributed by atoms with E-state index in [0.29, 0.717) is 23.5 Å². The average Bonchev–Trinajstić information content (AvgIpc) is 3.10. The number of carbonyl (C=O) groups is 2. The van der Waals surface area contributed by atoms with Gasteiger partial charge in [0.05, 0.1) is 30.3 Å². The molecular formula is C17H21N5O3. The fourth-order valence-electron chi connectivity index (χ4n) is 2.65. The van der Waals surface area contributed by atoms with Gasteiger partial charge >= 0.3 is 0 Å². The molecule has 0 atom stereocenters. The van der Waals surface area contributed by atoms with Crippen molar-refractivity contribution in [3.05, 3.63) is 30.1 Å². The number of nitrogens with one attached hydrogen (secondary N) is 2. The van der Waals surface area contributed by atoms with Crippen LogP contribution in [0.5, 0.6) is 0 Å². The van der Waals surface area contributed by atoms with Crippen LogP contribution in [0.25, 0.3) is 11.4 Å². The Morgan fingerprint density at radius 3 is 2.84 bits per heavy atom. The largest absolute Gasteiger partial charge is 0.379 e. The van der Waals surface area contributed by atoms with Crippen LogP contribution in [0.15, 0.2) is 24.4 Å². The van der Waals surface area contributed by atoms with Crippen molar-refractivity contribution in [2.75, 3.05) is 38.2 Å². The highest BCUT2D eigenvalue weighted by Crippen LogP contribution is 2.18. The van der Waals surface area contributed by atoms with Gasteiger partial charge in [-0.3, -0.25) is 19.8 Å². The van der Waals surface area contributed by atoms with Gasteiger partial charge in [-0.2, -0.15) is 0 Å². The second kappa shape index (κ2) is 8.00. The Morgan fingerprint density at radius 2 is 2.08 bits per heavy atom. The standard InChI is InChI=1S/C17H21N5O3/c1-12(23)19-17-18-6-4-14(21-17)13-2-3-15(20-13)16(24)5-7-22-8-10-25-11-9-22/h2-4,6,20H,5,7-11H2,1H3,(H,18,19,21,23). The molecule has 0 spiro atoms. The monoisotopic (exact) mass is 343 g/mol. The molecule has 1 aliphatic heterocycles. The Morgan fingerprint density at radius 1 is 1.28 bits per heavy atom. The Balaban J connectivity index is 1.63. The van der Waals surface area contributed by atoms with Crippen molar-refractivity contribution < 1.29 is 14.3 Å². The average molecular weight is 343 g/mol. The zero-order chi connectivity index (χ0) is 17.6. The normalized spacial score (nSPS) is 15.1. The van der Waals surface area contributed by atoms with Crippen molar-refractivity contribution in [3.8, 4) is 11.4 Å². The highest BCUT2D eigenvalue weighted by atomic mass is 16.5. The molecule has 2 aromatic rings. The molecule has 3 heterocycles. The number of hydrogen-bond donors (Lipinski definition) is 2. The zero-order valence-electron chi connectivity index (χ0n) is 14.1. The number of ketones is 1. The number of carbonyl (C=O) groups excluding carboxylic acids is 2. The number of anilines is 1. The van der Waals surface area contributed by atoms with Gasteiger partial charge in [0.1, 0.15) is 0 Å². The van der Waals surface area contributed by atoms with Crippen molar-refractivity contribution in [1.82, 2.24) is 19.9 Å². The van der Waals surface area contributed by atoms with Crippen LogP contribution in [0, 0.1) is 0 Å². The summed E-state index contributed by atoms with van der Waals surface area (Å²) in [6.07, 6.45) is 2.02. The number of morpholine rings is 1. The maximum Gasteiger partial charge on any atom is 0.229 e. The predicted molar refractivity (Wildman–Crippen MR) is 92.3 cm³/mol. The van der Waals surface area contributed by atoms with E-state index in [2.05, 4.69) is 25.2 Å². The van der Waals surface area contributed by atoms with Gasteiger partial charge in [0, 0.05) is 39.2 Å². The third-order valence-electron chi connectivity index (χ3n) is 3.96. The highest BCUT2D eigenvalue weighted by Gasteiger charge is 2.15. The van der Waals surface area contributed by atoms with Crippen LogP contribution in [-0.4, -0.2) is 64.4 Å². The fraction of sp³-hybridized carbons (Fsp3) is 0.412. The SMILES string of the molecule is CC(=O)Nc1nccc(-c2ccc(C(=O)CCN3CCOCC3)[nH]2)n1. The summed E-state index contributed by atoms with van der Waals surface area (Å²) < 4.78 is 5.31. The maximum absolute atomic E-state index is 12.4. The third-order valence-corrected chi connectivity index (χ3v) is 3.96. The molecule has 8 nitrogen and oxygen atoms in total. The molecule has 25 heavy (non-hydrogen) atoms. The molecule has 2 aromatic heterocycles. The molecule has 0 unspecified atom stereocenters. The first-order valence-electron chi connectivity index (χ1n) is 8.25. The summed E-state index contributed by atoms with van der Waals surface area (Å²) in [5.41, 5.74) is 1.89. The molecule has 0 saturated carbocycles. The molecule has 0 radical (unpaired) electrons. The minimum absolute atomic E-state index is 0.0638. The van der Waals surface area contributed by atoms with Crippen molar-refractivity contribution in [3.63, 3.8) is 0 Å². The molecule has 132 valence electrons. The Hall–Kier alpha value is -2.58. The molecule has 1 saturated heterocycles. The second-order valence-electron chi connectivity index (χ2n) is 5.86. The van der Waals surface area contributed by atoms with E-state index in [1.807, 2.05) is 6.07 Å². The first-order valence-corrected chi connectivity index (χ1v) is 8.25. The number of Topliss-reactive ketones (excluding diaryl/α,β-unsaturated/α-hetero) is 1. The number of nitrogens with zero attached hydrogens (tertiary/aromatic N) is 3. The predicted octanol–water partition coefficient (Wildman–Crippen LogP) is 1.34. The van der Waals surface area contributed by atoms with Crippen LogP contribution in [0.4, 0.5) is 5.95 Å². The van der Waals surface area contributed by atoms with Gasteiger partial charge in [-0.1, -0.05) is 0 Å². The van der Waals surface area contributed by atoms with E-state index >= 15 is 0 Å². The molecule has 1 fully saturated rings. The number of aromatic nitrogens is 3. The topological polar surface area (TPSA) is 100 Å². The van der Waals surface area contributed by atoms with Crippen molar-refractivity contribution in [1.29, 1.82) is 0 Å². The van der Waals surface area contributed by atoms with E-state index in [4.69, 9.17) is 4.74 Å². The minimum atomic E-state index is -0.234. The summed E-state index contributed by atoms with van der Waals surface area (Å²) in [4.78, 5) is 37.1. The quantitative estimate of drug-likeness (QED) is 0.768. The van der Waals surface area contributed by atoms with Crippen molar-refractivity contribution in [2.24, 2.45) is 0 Å². The number of H-pyrrole nitrogens is 1. The van der Waals surface area contributed by atoms with Crippen LogP contribution in [0.1, 0.15) is 23.8 Å². The molecular weight excluding hydrogens is 322 g/mol. The molecule has 1 amide bonds. The van der Waals surface area contributed by atoms with E-state index < -0.39 is 0 Å². The highest BCUT2D eigenvalue weighted by molar-refractivity contribution is 5.95. The number of amides is 1. The first kappa shape index (κ1) is 17.2. The summed E-state index contributed by atoms with van der Waals surface area (Å²) in [6.45, 7) is 5.33. The lowest BCUT2D eigenvalue weighted by Gasteiger charge is -2.26. The molecule has 3 rings (SSSR count). The Labute approximate surface area is 145 Å². The summed E-state index contributed by atoms with van der Waals surface area (Å²) in [7, 11) is 0. The van der Waals surface area contributed by atoms with E-state index in [1.54, 1.807) is 18.3 Å². The van der Waals surface area contributed by atoms with Gasteiger partial charge in [-0.15, -0.1) is 0 Å². The van der Waals surface area contributed by atoms with Crippen LogP contribution in [0.3, 0.4) is 0 Å². The minimum Gasteiger partial charge on any atom is -0.379 e. The Kier molecular flexibility index (Phi) is 5.52. The van der Waals surface area contributed by atoms with Gasteiger partial charge in [-0.25, -0.2) is 9.97 Å². The maximum atomic E-state index is 12.4. The van der Waals surface area contributed by atoms with Crippen molar-refractivity contribution >= 4 is 17.6 Å². The molecule has 1 aliphatic rings. The zero-order valence-corrected chi connectivity index (χ0v) is 14.1. The molecule has 2 N–H and O–H groups in total. The molecule has 0 bridgehead atoms. The van der Waals surface area contributed by atoms with Gasteiger partial charge in [-0.05, 0) is 18.2 Å². The smallest absolute Gasteiger partial charge is 0.229 e. The van der Waals surface area contributed by atoms with Crippen LogP contribution in [0.2, 0.25) is 0 Å². The Bertz CT molecular complexity index is 752. The number of aromatic amines is 1. The fourth-order valence-corrected chi connectivity index (χ4v) is 2.65. The van der Waals surface area contributed by atoms with Crippen LogP contribution >= 0.6 is 0 Å². The number of ether oxygens (including phenoxy) is 1. The van der Waals surface area contributed by atoms with E-state index in [1.165, 1.54) is 6.92 Å². The third kappa shape index (κ3) is 4.71. The van der Waals surface area contributed by atoms with Gasteiger partial charge in [0.2, 0.25) is 11.9 Å². The molecule has 0 aliphatic carbocycles. The van der Waals surface area contributed by atoms with Crippen molar-refractivity contribution in [2.45, 2.75) is 13.3 Å². The van der Waals surface area contributed by atoms with Gasteiger partial charge in [0.15, 0.2) is 5.78 Å². The molecule has 0 aromatic carbocycles.